The van der Waals surface area contributed by atoms with Crippen molar-refractivity contribution in [1.82, 2.24) is 9.21 Å². The van der Waals surface area contributed by atoms with E-state index in [1.54, 1.807) is 6.92 Å². The summed E-state index contributed by atoms with van der Waals surface area (Å²) in [6.45, 7) is 4.24. The number of aliphatic hydroxyl groups excluding tert-OH is 1. The van der Waals surface area contributed by atoms with Gasteiger partial charge in [-0.3, -0.25) is 4.79 Å². The van der Waals surface area contributed by atoms with Gasteiger partial charge in [0.25, 0.3) is 0 Å². The van der Waals surface area contributed by atoms with E-state index in [1.807, 2.05) is 4.90 Å². The largest absolute Gasteiger partial charge is 0.396 e. The third-order valence-electron chi connectivity index (χ3n) is 5.19. The van der Waals surface area contributed by atoms with Crippen LogP contribution in [0.5, 0.6) is 0 Å². The van der Waals surface area contributed by atoms with Crippen molar-refractivity contribution in [2.75, 3.05) is 38.5 Å². The van der Waals surface area contributed by atoms with Crippen molar-refractivity contribution in [2.24, 2.45) is 11.8 Å². The van der Waals surface area contributed by atoms with Crippen LogP contribution in [0.2, 0.25) is 0 Å². The van der Waals surface area contributed by atoms with Crippen molar-refractivity contribution in [3.63, 3.8) is 0 Å². The maximum absolute atomic E-state index is 12.8. The number of rotatable bonds is 5. The summed E-state index contributed by atoms with van der Waals surface area (Å²) in [4.78, 5) is 14.7. The third kappa shape index (κ3) is 4.90. The van der Waals surface area contributed by atoms with E-state index in [4.69, 9.17) is 5.11 Å². The van der Waals surface area contributed by atoms with E-state index in [2.05, 4.69) is 0 Å². The van der Waals surface area contributed by atoms with Crippen LogP contribution in [0.25, 0.3) is 0 Å². The summed E-state index contributed by atoms with van der Waals surface area (Å²) in [5.74, 6) is 0.520. The van der Waals surface area contributed by atoms with Gasteiger partial charge >= 0.3 is 0 Å². The van der Waals surface area contributed by atoms with Crippen LogP contribution in [-0.4, -0.2) is 67.2 Å². The highest BCUT2D eigenvalue weighted by atomic mass is 32.2. The van der Waals surface area contributed by atoms with Gasteiger partial charge in [-0.05, 0) is 51.4 Å². The molecule has 2 aliphatic rings. The Kier molecular flexibility index (Phi) is 6.85. The van der Waals surface area contributed by atoms with Gasteiger partial charge in [-0.1, -0.05) is 0 Å². The molecule has 0 aromatic heterocycles. The van der Waals surface area contributed by atoms with Crippen LogP contribution in [0.1, 0.15) is 45.4 Å². The fraction of sp³-hybridized carbons (Fsp3) is 0.938. The molecule has 0 radical (unpaired) electrons. The Morgan fingerprint density at radius 1 is 1.13 bits per heavy atom. The van der Waals surface area contributed by atoms with Gasteiger partial charge in [0, 0.05) is 32.8 Å². The van der Waals surface area contributed by atoms with E-state index in [1.165, 1.54) is 4.31 Å². The number of nitrogens with zero attached hydrogens (tertiary/aromatic N) is 2. The highest BCUT2D eigenvalue weighted by Gasteiger charge is 2.34. The second kappa shape index (κ2) is 8.44. The summed E-state index contributed by atoms with van der Waals surface area (Å²) in [6, 6.07) is 0. The fourth-order valence-electron chi connectivity index (χ4n) is 3.69. The molecule has 6 nitrogen and oxygen atoms in total. The summed E-state index contributed by atoms with van der Waals surface area (Å²) in [5, 5.41) is 9.08. The molecule has 1 amide bonds. The molecular formula is C16H30N2O4S. The number of amides is 1. The first-order chi connectivity index (χ1) is 11.0. The molecule has 0 aromatic rings. The molecule has 7 heteroatoms. The molecule has 0 aromatic carbocycles. The lowest BCUT2D eigenvalue weighted by atomic mass is 9.97. The third-order valence-corrected chi connectivity index (χ3v) is 7.04. The Bertz CT molecular complexity index is 494. The minimum absolute atomic E-state index is 0.0977. The lowest BCUT2D eigenvalue weighted by Crippen LogP contribution is -2.47. The molecule has 0 bridgehead atoms. The molecule has 0 aliphatic carbocycles. The average Bonchev–Trinajstić information content (AvgIpc) is 2.80. The Morgan fingerprint density at radius 3 is 2.57 bits per heavy atom. The van der Waals surface area contributed by atoms with Crippen LogP contribution in [0, 0.1) is 11.8 Å². The van der Waals surface area contributed by atoms with Crippen molar-refractivity contribution >= 4 is 15.9 Å². The monoisotopic (exact) mass is 346 g/mol. The smallest absolute Gasteiger partial charge is 0.227 e. The van der Waals surface area contributed by atoms with Crippen molar-refractivity contribution < 1.29 is 18.3 Å². The number of likely N-dealkylation sites (tertiary alicyclic amines) is 1. The second-order valence-electron chi connectivity index (χ2n) is 6.73. The summed E-state index contributed by atoms with van der Waals surface area (Å²) >= 11 is 0. The zero-order chi connectivity index (χ0) is 16.9. The van der Waals surface area contributed by atoms with Crippen molar-refractivity contribution in [2.45, 2.75) is 45.4 Å². The topological polar surface area (TPSA) is 77.9 Å². The quantitative estimate of drug-likeness (QED) is 0.807. The summed E-state index contributed by atoms with van der Waals surface area (Å²) in [6.07, 6.45) is 5.33. The van der Waals surface area contributed by atoms with Gasteiger partial charge in [0.2, 0.25) is 15.9 Å². The molecule has 0 saturated carbocycles. The van der Waals surface area contributed by atoms with Crippen LogP contribution < -0.4 is 0 Å². The normalized spacial score (nSPS) is 27.7. The van der Waals surface area contributed by atoms with Gasteiger partial charge in [-0.25, -0.2) is 12.7 Å². The highest BCUT2D eigenvalue weighted by Crippen LogP contribution is 2.25. The fourth-order valence-corrected chi connectivity index (χ4v) is 4.87. The first kappa shape index (κ1) is 18.7. The zero-order valence-electron chi connectivity index (χ0n) is 14.1. The number of carbonyl (C=O) groups excluding carboxylic acids is 1. The van der Waals surface area contributed by atoms with Gasteiger partial charge in [0.05, 0.1) is 11.7 Å². The molecule has 2 atom stereocenters. The predicted octanol–water partition coefficient (Wildman–Crippen LogP) is 1.06. The van der Waals surface area contributed by atoms with E-state index in [9.17, 15) is 13.2 Å². The van der Waals surface area contributed by atoms with Crippen molar-refractivity contribution in [3.05, 3.63) is 0 Å². The molecule has 2 heterocycles. The van der Waals surface area contributed by atoms with Gasteiger partial charge in [0.15, 0.2) is 0 Å². The molecule has 2 aliphatic heterocycles. The number of hydrogen-bond donors (Lipinski definition) is 1. The van der Waals surface area contributed by atoms with E-state index in [0.29, 0.717) is 19.0 Å². The predicted molar refractivity (Wildman–Crippen MR) is 89.4 cm³/mol. The minimum atomic E-state index is -3.21. The Labute approximate surface area is 139 Å². The number of piperidine rings is 1. The molecule has 2 saturated heterocycles. The van der Waals surface area contributed by atoms with Crippen molar-refractivity contribution in [1.29, 1.82) is 0 Å². The molecule has 1 N–H and O–H groups in total. The van der Waals surface area contributed by atoms with Gasteiger partial charge < -0.3 is 10.0 Å². The first-order valence-electron chi connectivity index (χ1n) is 8.85. The zero-order valence-corrected chi connectivity index (χ0v) is 14.9. The molecule has 2 unspecified atom stereocenters. The lowest BCUT2D eigenvalue weighted by Gasteiger charge is -2.34. The van der Waals surface area contributed by atoms with E-state index in [0.717, 1.165) is 51.6 Å². The second-order valence-corrected chi connectivity index (χ2v) is 8.99. The highest BCUT2D eigenvalue weighted by molar-refractivity contribution is 7.89. The Balaban J connectivity index is 1.94. The molecular weight excluding hydrogens is 316 g/mol. The number of hydrogen-bond acceptors (Lipinski definition) is 4. The summed E-state index contributed by atoms with van der Waals surface area (Å²) < 4.78 is 25.6. The summed E-state index contributed by atoms with van der Waals surface area (Å²) in [7, 11) is -3.21. The molecule has 2 fully saturated rings. The van der Waals surface area contributed by atoms with E-state index < -0.39 is 10.0 Å². The van der Waals surface area contributed by atoms with Crippen molar-refractivity contribution in [3.8, 4) is 0 Å². The molecule has 2 rings (SSSR count). The van der Waals surface area contributed by atoms with Crippen LogP contribution in [-0.2, 0) is 14.8 Å². The van der Waals surface area contributed by atoms with Crippen LogP contribution >= 0.6 is 0 Å². The van der Waals surface area contributed by atoms with Gasteiger partial charge in [0.1, 0.15) is 0 Å². The van der Waals surface area contributed by atoms with Crippen LogP contribution in [0.4, 0.5) is 0 Å². The Hall–Kier alpha value is -0.660. The van der Waals surface area contributed by atoms with Gasteiger partial charge in [-0.15, -0.1) is 0 Å². The SMILES string of the molecule is CCS(=O)(=O)N1CCCC(C(=O)N2CCCC(CCO)CC2)C1. The minimum Gasteiger partial charge on any atom is -0.396 e. The maximum Gasteiger partial charge on any atom is 0.227 e. The summed E-state index contributed by atoms with van der Waals surface area (Å²) in [5.41, 5.74) is 0. The molecule has 0 spiro atoms. The average molecular weight is 346 g/mol. The molecule has 134 valence electrons. The van der Waals surface area contributed by atoms with E-state index in [-0.39, 0.29) is 24.2 Å². The lowest BCUT2D eigenvalue weighted by molar-refractivity contribution is -0.136. The standard InChI is InChI=1S/C16H30N2O4S/c1-2-23(21,22)18-10-4-6-15(13-18)16(20)17-9-3-5-14(7-11-17)8-12-19/h14-15,19H,2-13H2,1H3. The molecule has 23 heavy (non-hydrogen) atoms. The van der Waals surface area contributed by atoms with Gasteiger partial charge in [-0.2, -0.15) is 0 Å². The first-order valence-corrected chi connectivity index (χ1v) is 10.5. The van der Waals surface area contributed by atoms with E-state index >= 15 is 0 Å². The number of carbonyl (C=O) groups is 1. The number of sulfonamides is 1. The Morgan fingerprint density at radius 2 is 1.87 bits per heavy atom. The van der Waals surface area contributed by atoms with Crippen LogP contribution in [0.3, 0.4) is 0 Å². The maximum atomic E-state index is 12.8. The van der Waals surface area contributed by atoms with Crippen LogP contribution in [0.15, 0.2) is 0 Å². The number of aliphatic hydroxyl groups is 1.